The SMILES string of the molecule is COc1ccc(C2CC(c3ccccc3)CCC2=O)cc1. The molecule has 2 heteroatoms. The van der Waals surface area contributed by atoms with Gasteiger partial charge in [-0.1, -0.05) is 42.5 Å². The molecule has 0 saturated heterocycles. The Morgan fingerprint density at radius 3 is 2.33 bits per heavy atom. The highest BCUT2D eigenvalue weighted by atomic mass is 16.5. The molecule has 108 valence electrons. The third-order valence-electron chi connectivity index (χ3n) is 4.44. The summed E-state index contributed by atoms with van der Waals surface area (Å²) in [6, 6.07) is 18.5. The fourth-order valence-corrected chi connectivity index (χ4v) is 3.21. The topological polar surface area (TPSA) is 26.3 Å². The Bertz CT molecular complexity index is 601. The molecule has 2 unspecified atom stereocenters. The van der Waals surface area contributed by atoms with Crippen molar-refractivity contribution in [2.45, 2.75) is 31.1 Å². The lowest BCUT2D eigenvalue weighted by Gasteiger charge is -2.28. The number of methoxy groups -OCH3 is 1. The Morgan fingerprint density at radius 2 is 1.67 bits per heavy atom. The first-order valence-corrected chi connectivity index (χ1v) is 7.49. The molecular formula is C19H20O2. The zero-order valence-electron chi connectivity index (χ0n) is 12.3. The highest BCUT2D eigenvalue weighted by Crippen LogP contribution is 2.39. The number of carbonyl (C=O) groups is 1. The molecule has 0 aliphatic heterocycles. The van der Waals surface area contributed by atoms with Crippen LogP contribution < -0.4 is 4.74 Å². The maximum atomic E-state index is 12.3. The van der Waals surface area contributed by atoms with Crippen LogP contribution in [-0.4, -0.2) is 12.9 Å². The third kappa shape index (κ3) is 2.99. The van der Waals surface area contributed by atoms with E-state index in [-0.39, 0.29) is 5.92 Å². The van der Waals surface area contributed by atoms with E-state index in [1.807, 2.05) is 30.3 Å². The highest BCUT2D eigenvalue weighted by Gasteiger charge is 2.30. The molecule has 0 radical (unpaired) electrons. The lowest BCUT2D eigenvalue weighted by molar-refractivity contribution is -0.122. The number of Topliss-reactive ketones (excluding diaryl/α,β-unsaturated/α-hetero) is 1. The fraction of sp³-hybridized carbons (Fsp3) is 0.316. The van der Waals surface area contributed by atoms with Crippen LogP contribution in [0.4, 0.5) is 0 Å². The van der Waals surface area contributed by atoms with E-state index in [1.54, 1.807) is 7.11 Å². The van der Waals surface area contributed by atoms with Crippen LogP contribution in [0.15, 0.2) is 54.6 Å². The molecule has 0 heterocycles. The lowest BCUT2D eigenvalue weighted by Crippen LogP contribution is -2.22. The number of ether oxygens (including phenoxy) is 1. The van der Waals surface area contributed by atoms with Gasteiger partial charge >= 0.3 is 0 Å². The van der Waals surface area contributed by atoms with E-state index in [0.717, 1.165) is 24.2 Å². The van der Waals surface area contributed by atoms with Gasteiger partial charge in [-0.15, -0.1) is 0 Å². The van der Waals surface area contributed by atoms with Crippen molar-refractivity contribution in [1.82, 2.24) is 0 Å². The van der Waals surface area contributed by atoms with E-state index in [4.69, 9.17) is 4.74 Å². The summed E-state index contributed by atoms with van der Waals surface area (Å²) in [5.74, 6) is 1.71. The largest absolute Gasteiger partial charge is 0.497 e. The molecule has 1 saturated carbocycles. The molecule has 1 fully saturated rings. The minimum atomic E-state index is 0.0230. The summed E-state index contributed by atoms with van der Waals surface area (Å²) in [7, 11) is 1.66. The second-order valence-electron chi connectivity index (χ2n) is 5.67. The summed E-state index contributed by atoms with van der Waals surface area (Å²) in [6.07, 6.45) is 2.56. The Balaban J connectivity index is 1.81. The smallest absolute Gasteiger partial charge is 0.140 e. The predicted octanol–water partition coefficient (Wildman–Crippen LogP) is 4.32. The second kappa shape index (κ2) is 6.13. The summed E-state index contributed by atoms with van der Waals surface area (Å²) in [4.78, 5) is 12.3. The fourth-order valence-electron chi connectivity index (χ4n) is 3.21. The van der Waals surface area contributed by atoms with Gasteiger partial charge in [0.15, 0.2) is 0 Å². The Morgan fingerprint density at radius 1 is 0.952 bits per heavy atom. The van der Waals surface area contributed by atoms with E-state index in [9.17, 15) is 4.79 Å². The van der Waals surface area contributed by atoms with Crippen LogP contribution in [0, 0.1) is 0 Å². The molecule has 0 aromatic heterocycles. The molecule has 2 aromatic rings. The standard InChI is InChI=1S/C19H20O2/c1-21-17-10-7-15(8-11-17)18-13-16(9-12-19(18)20)14-5-3-2-4-6-14/h2-8,10-11,16,18H,9,12-13H2,1H3. The van der Waals surface area contributed by atoms with Gasteiger partial charge in [-0.05, 0) is 42.0 Å². The van der Waals surface area contributed by atoms with Gasteiger partial charge in [0, 0.05) is 12.3 Å². The van der Waals surface area contributed by atoms with Gasteiger partial charge < -0.3 is 4.74 Å². The van der Waals surface area contributed by atoms with Gasteiger partial charge in [0.05, 0.1) is 7.11 Å². The zero-order valence-corrected chi connectivity index (χ0v) is 12.3. The van der Waals surface area contributed by atoms with Crippen molar-refractivity contribution in [1.29, 1.82) is 0 Å². The van der Waals surface area contributed by atoms with Crippen LogP contribution in [0.25, 0.3) is 0 Å². The zero-order chi connectivity index (χ0) is 14.7. The van der Waals surface area contributed by atoms with Crippen molar-refractivity contribution >= 4 is 5.78 Å². The van der Waals surface area contributed by atoms with E-state index in [0.29, 0.717) is 18.1 Å². The van der Waals surface area contributed by atoms with Crippen molar-refractivity contribution in [3.05, 3.63) is 65.7 Å². The van der Waals surface area contributed by atoms with Gasteiger partial charge in [0.1, 0.15) is 11.5 Å². The first kappa shape index (κ1) is 13.9. The van der Waals surface area contributed by atoms with E-state index < -0.39 is 0 Å². The van der Waals surface area contributed by atoms with Crippen LogP contribution in [-0.2, 0) is 4.79 Å². The number of rotatable bonds is 3. The Hall–Kier alpha value is -2.09. The molecule has 1 aliphatic rings. The van der Waals surface area contributed by atoms with E-state index in [2.05, 4.69) is 24.3 Å². The van der Waals surface area contributed by atoms with Gasteiger partial charge in [-0.25, -0.2) is 0 Å². The number of carbonyl (C=O) groups excluding carboxylic acids is 1. The Kier molecular flexibility index (Phi) is 4.05. The third-order valence-corrected chi connectivity index (χ3v) is 4.44. The molecule has 0 spiro atoms. The van der Waals surface area contributed by atoms with Crippen LogP contribution in [0.2, 0.25) is 0 Å². The van der Waals surface area contributed by atoms with Gasteiger partial charge in [0.2, 0.25) is 0 Å². The minimum absolute atomic E-state index is 0.0230. The average Bonchev–Trinajstić information content (AvgIpc) is 2.56. The van der Waals surface area contributed by atoms with Crippen LogP contribution in [0.3, 0.4) is 0 Å². The molecule has 0 amide bonds. The molecule has 2 atom stereocenters. The highest BCUT2D eigenvalue weighted by molar-refractivity contribution is 5.86. The van der Waals surface area contributed by atoms with E-state index >= 15 is 0 Å². The summed E-state index contributed by atoms with van der Waals surface area (Å²) >= 11 is 0. The van der Waals surface area contributed by atoms with Gasteiger partial charge in [0.25, 0.3) is 0 Å². The van der Waals surface area contributed by atoms with Crippen molar-refractivity contribution in [3.8, 4) is 5.75 Å². The molecule has 0 N–H and O–H groups in total. The number of benzene rings is 2. The molecule has 0 bridgehead atoms. The summed E-state index contributed by atoms with van der Waals surface area (Å²) in [5.41, 5.74) is 2.46. The number of hydrogen-bond donors (Lipinski definition) is 0. The summed E-state index contributed by atoms with van der Waals surface area (Å²) in [5, 5.41) is 0. The van der Waals surface area contributed by atoms with E-state index in [1.165, 1.54) is 5.56 Å². The quantitative estimate of drug-likeness (QED) is 0.837. The number of hydrogen-bond acceptors (Lipinski definition) is 2. The molecular weight excluding hydrogens is 260 g/mol. The average molecular weight is 280 g/mol. The Labute approximate surface area is 125 Å². The normalized spacial score (nSPS) is 22.0. The molecule has 1 aliphatic carbocycles. The number of ketones is 1. The molecule has 21 heavy (non-hydrogen) atoms. The summed E-state index contributed by atoms with van der Waals surface area (Å²) in [6.45, 7) is 0. The molecule has 3 rings (SSSR count). The molecule has 2 nitrogen and oxygen atoms in total. The molecule has 2 aromatic carbocycles. The minimum Gasteiger partial charge on any atom is -0.497 e. The van der Waals surface area contributed by atoms with Crippen molar-refractivity contribution in [3.63, 3.8) is 0 Å². The van der Waals surface area contributed by atoms with Crippen molar-refractivity contribution < 1.29 is 9.53 Å². The van der Waals surface area contributed by atoms with Crippen LogP contribution >= 0.6 is 0 Å². The van der Waals surface area contributed by atoms with Crippen molar-refractivity contribution in [2.75, 3.05) is 7.11 Å². The van der Waals surface area contributed by atoms with Crippen LogP contribution in [0.5, 0.6) is 5.75 Å². The first-order valence-electron chi connectivity index (χ1n) is 7.49. The lowest BCUT2D eigenvalue weighted by atomic mass is 9.74. The monoisotopic (exact) mass is 280 g/mol. The van der Waals surface area contributed by atoms with Crippen molar-refractivity contribution in [2.24, 2.45) is 0 Å². The maximum Gasteiger partial charge on any atom is 0.140 e. The maximum absolute atomic E-state index is 12.3. The predicted molar refractivity (Wildman–Crippen MR) is 83.8 cm³/mol. The van der Waals surface area contributed by atoms with Crippen LogP contribution in [0.1, 0.15) is 42.2 Å². The summed E-state index contributed by atoms with van der Waals surface area (Å²) < 4.78 is 5.19. The van der Waals surface area contributed by atoms with Gasteiger partial charge in [-0.3, -0.25) is 4.79 Å². The first-order chi connectivity index (χ1) is 10.3. The van der Waals surface area contributed by atoms with Gasteiger partial charge in [-0.2, -0.15) is 0 Å². The second-order valence-corrected chi connectivity index (χ2v) is 5.67.